The number of carbonyl (C=O) groups is 1. The molecule has 5 nitrogen and oxygen atoms in total. The van der Waals surface area contributed by atoms with E-state index in [0.717, 1.165) is 45.4 Å². The minimum Gasteiger partial charge on any atom is -0.308 e. The van der Waals surface area contributed by atoms with Gasteiger partial charge in [0, 0.05) is 32.9 Å². The van der Waals surface area contributed by atoms with Crippen LogP contribution >= 0.6 is 22.9 Å². The lowest BCUT2D eigenvalue weighted by Gasteiger charge is -2.09. The lowest BCUT2D eigenvalue weighted by atomic mass is 10.0. The van der Waals surface area contributed by atoms with Gasteiger partial charge in [0.2, 0.25) is 0 Å². The van der Waals surface area contributed by atoms with E-state index in [0.29, 0.717) is 16.4 Å². The smallest absolute Gasteiger partial charge is 0.308 e. The first kappa shape index (κ1) is 23.0. The summed E-state index contributed by atoms with van der Waals surface area (Å²) in [6.45, 7) is 2.19. The molecular weight excluding hydrogens is 476 g/mol. The minimum absolute atomic E-state index is 0.336. The summed E-state index contributed by atoms with van der Waals surface area (Å²) in [6, 6.07) is 23.0. The second kappa shape index (κ2) is 10.3. The molecule has 0 fully saturated rings. The van der Waals surface area contributed by atoms with Crippen molar-refractivity contribution < 1.29 is 4.79 Å². The van der Waals surface area contributed by atoms with Gasteiger partial charge in [-0.25, -0.2) is 14.8 Å². The van der Waals surface area contributed by atoms with Crippen molar-refractivity contribution in [1.29, 1.82) is 0 Å². The predicted octanol–water partition coefficient (Wildman–Crippen LogP) is 8.28. The Kier molecular flexibility index (Phi) is 6.75. The number of nitrogens with one attached hydrogen (secondary N) is 2. The Morgan fingerprint density at radius 2 is 1.66 bits per heavy atom. The van der Waals surface area contributed by atoms with Crippen molar-refractivity contribution in [3.05, 3.63) is 95.1 Å². The van der Waals surface area contributed by atoms with Crippen LogP contribution in [0, 0.1) is 0 Å². The first-order chi connectivity index (χ1) is 17.1. The zero-order valence-electron chi connectivity index (χ0n) is 19.1. The molecule has 7 heteroatoms. The minimum atomic E-state index is -0.336. The fourth-order valence-corrected chi connectivity index (χ4v) is 5.20. The molecular formula is C28H23ClN4OS. The molecule has 0 saturated carbocycles. The Labute approximate surface area is 212 Å². The molecule has 0 aliphatic carbocycles. The summed E-state index contributed by atoms with van der Waals surface area (Å²) in [4.78, 5) is 21.5. The van der Waals surface area contributed by atoms with Gasteiger partial charge in [-0.2, -0.15) is 0 Å². The monoisotopic (exact) mass is 498 g/mol. The number of aryl methyl sites for hydroxylation is 1. The van der Waals surface area contributed by atoms with Crippen LogP contribution in [-0.4, -0.2) is 16.0 Å². The van der Waals surface area contributed by atoms with Gasteiger partial charge in [-0.1, -0.05) is 67.4 Å². The lowest BCUT2D eigenvalue weighted by Crippen LogP contribution is -2.19. The maximum atomic E-state index is 12.3. The number of benzene rings is 3. The first-order valence-electron chi connectivity index (χ1n) is 11.4. The van der Waals surface area contributed by atoms with Gasteiger partial charge >= 0.3 is 6.03 Å². The second-order valence-corrected chi connectivity index (χ2v) is 9.48. The number of hydrogen-bond donors (Lipinski definition) is 2. The zero-order chi connectivity index (χ0) is 24.2. The molecule has 0 saturated heterocycles. The number of thiophene rings is 1. The van der Waals surface area contributed by atoms with Gasteiger partial charge in [0.1, 0.15) is 6.33 Å². The number of anilines is 2. The number of carbonyl (C=O) groups excluding carboxylic acids is 1. The molecule has 2 heterocycles. The van der Waals surface area contributed by atoms with Gasteiger partial charge in [0.15, 0.2) is 0 Å². The summed E-state index contributed by atoms with van der Waals surface area (Å²) in [5, 5.41) is 8.33. The van der Waals surface area contributed by atoms with Crippen molar-refractivity contribution in [2.45, 2.75) is 19.8 Å². The van der Waals surface area contributed by atoms with Crippen LogP contribution < -0.4 is 10.6 Å². The third kappa shape index (κ3) is 5.19. The highest BCUT2D eigenvalue weighted by molar-refractivity contribution is 7.18. The Balaban J connectivity index is 1.35. The van der Waals surface area contributed by atoms with Gasteiger partial charge in [0.25, 0.3) is 0 Å². The molecule has 0 spiro atoms. The van der Waals surface area contributed by atoms with E-state index in [-0.39, 0.29) is 6.03 Å². The molecule has 5 rings (SSSR count). The molecule has 2 amide bonds. The molecule has 0 atom stereocenters. The molecule has 2 N–H and O–H groups in total. The van der Waals surface area contributed by atoms with E-state index in [1.807, 2.05) is 24.3 Å². The van der Waals surface area contributed by atoms with E-state index in [2.05, 4.69) is 57.2 Å². The number of aromatic nitrogens is 2. The Morgan fingerprint density at radius 1 is 0.914 bits per heavy atom. The summed E-state index contributed by atoms with van der Waals surface area (Å²) >= 11 is 7.62. The summed E-state index contributed by atoms with van der Waals surface area (Å²) < 4.78 is 1.04. The fraction of sp³-hybridized carbons (Fsp3) is 0.107. The lowest BCUT2D eigenvalue weighted by molar-refractivity contribution is 0.262. The Morgan fingerprint density at radius 3 is 2.40 bits per heavy atom. The van der Waals surface area contributed by atoms with Crippen molar-refractivity contribution in [3.8, 4) is 22.4 Å². The van der Waals surface area contributed by atoms with Crippen LogP contribution in [0.4, 0.5) is 16.2 Å². The van der Waals surface area contributed by atoms with E-state index in [1.54, 1.807) is 41.9 Å². The maximum absolute atomic E-state index is 12.3. The van der Waals surface area contributed by atoms with E-state index in [4.69, 9.17) is 11.6 Å². The third-order valence-corrected chi connectivity index (χ3v) is 6.87. The molecule has 0 aliphatic rings. The number of fused-ring (bicyclic) bond motifs is 1. The molecule has 5 aromatic rings. The quantitative estimate of drug-likeness (QED) is 0.247. The van der Waals surface area contributed by atoms with Crippen molar-refractivity contribution in [3.63, 3.8) is 0 Å². The average Bonchev–Trinajstić information content (AvgIpc) is 3.30. The van der Waals surface area contributed by atoms with Crippen LogP contribution in [-0.2, 0) is 6.42 Å². The van der Waals surface area contributed by atoms with Crippen LogP contribution in [0.5, 0.6) is 0 Å². The van der Waals surface area contributed by atoms with Crippen molar-refractivity contribution in [2.75, 3.05) is 10.6 Å². The number of hydrogen-bond acceptors (Lipinski definition) is 4. The van der Waals surface area contributed by atoms with E-state index < -0.39 is 0 Å². The van der Waals surface area contributed by atoms with Crippen LogP contribution in [0.1, 0.15) is 18.9 Å². The molecule has 0 aliphatic heterocycles. The van der Waals surface area contributed by atoms with Gasteiger partial charge in [-0.3, -0.25) is 0 Å². The molecule has 174 valence electrons. The van der Waals surface area contributed by atoms with Crippen LogP contribution in [0.15, 0.2) is 84.5 Å². The van der Waals surface area contributed by atoms with Gasteiger partial charge in [0.05, 0.1) is 15.9 Å². The number of nitrogens with zero attached hydrogens (tertiary/aromatic N) is 2. The third-order valence-electron chi connectivity index (χ3n) is 5.66. The summed E-state index contributed by atoms with van der Waals surface area (Å²) in [7, 11) is 0. The highest BCUT2D eigenvalue weighted by Crippen LogP contribution is 2.37. The summed E-state index contributed by atoms with van der Waals surface area (Å²) in [6.07, 6.45) is 3.84. The zero-order valence-corrected chi connectivity index (χ0v) is 20.7. The maximum Gasteiger partial charge on any atom is 0.323 e. The molecule has 3 aromatic carbocycles. The highest BCUT2D eigenvalue weighted by Gasteiger charge is 2.14. The molecule has 0 bridgehead atoms. The average molecular weight is 499 g/mol. The number of halogens is 1. The first-order valence-corrected chi connectivity index (χ1v) is 12.6. The summed E-state index contributed by atoms with van der Waals surface area (Å²) in [5.41, 5.74) is 7.72. The number of amides is 2. The Hall–Kier alpha value is -3.74. The Bertz CT molecular complexity index is 1480. The molecule has 2 aromatic heterocycles. The van der Waals surface area contributed by atoms with Crippen LogP contribution in [0.3, 0.4) is 0 Å². The van der Waals surface area contributed by atoms with Crippen molar-refractivity contribution in [1.82, 2.24) is 9.97 Å². The standard InChI is InChI=1S/C28H23ClN4OS/c1-2-4-18-7-9-19(10-8-18)24-16-35-27-25(30-17-31-26(24)27)20-11-13-22(14-12-20)32-28(34)33-23-6-3-5-21(29)15-23/h3,5-17H,2,4H2,1H3,(H2,32,33,34). The second-order valence-electron chi connectivity index (χ2n) is 8.16. The normalized spacial score (nSPS) is 10.9. The highest BCUT2D eigenvalue weighted by atomic mass is 35.5. The largest absolute Gasteiger partial charge is 0.323 e. The topological polar surface area (TPSA) is 66.9 Å². The van der Waals surface area contributed by atoms with E-state index in [9.17, 15) is 4.79 Å². The molecule has 35 heavy (non-hydrogen) atoms. The van der Waals surface area contributed by atoms with Crippen LogP contribution in [0.25, 0.3) is 32.6 Å². The number of rotatable bonds is 6. The predicted molar refractivity (Wildman–Crippen MR) is 146 cm³/mol. The molecule has 0 radical (unpaired) electrons. The van der Waals surface area contributed by atoms with Gasteiger partial charge in [-0.05, 0) is 47.9 Å². The van der Waals surface area contributed by atoms with E-state index >= 15 is 0 Å². The van der Waals surface area contributed by atoms with Crippen molar-refractivity contribution in [2.24, 2.45) is 0 Å². The van der Waals surface area contributed by atoms with Crippen molar-refractivity contribution >= 4 is 50.6 Å². The SMILES string of the molecule is CCCc1ccc(-c2csc3c(-c4ccc(NC(=O)Nc5cccc(Cl)c5)cc4)ncnc23)cc1. The molecule has 0 unspecified atom stereocenters. The van der Waals surface area contributed by atoms with Crippen LogP contribution in [0.2, 0.25) is 5.02 Å². The van der Waals surface area contributed by atoms with Gasteiger partial charge in [-0.15, -0.1) is 11.3 Å². The fourth-order valence-electron chi connectivity index (χ4n) is 3.97. The number of urea groups is 1. The van der Waals surface area contributed by atoms with Gasteiger partial charge < -0.3 is 10.6 Å². The summed E-state index contributed by atoms with van der Waals surface area (Å²) in [5.74, 6) is 0. The van der Waals surface area contributed by atoms with E-state index in [1.165, 1.54) is 5.56 Å².